The fourth-order valence-corrected chi connectivity index (χ4v) is 5.20. The highest BCUT2D eigenvalue weighted by molar-refractivity contribution is 6.02. The van der Waals surface area contributed by atoms with Crippen molar-refractivity contribution in [3.05, 3.63) is 106 Å². The molecule has 5 rings (SSSR count). The second-order valence-electron chi connectivity index (χ2n) is 10.0. The van der Waals surface area contributed by atoms with E-state index in [9.17, 15) is 23.9 Å². The van der Waals surface area contributed by atoms with Crippen molar-refractivity contribution in [3.8, 4) is 0 Å². The van der Waals surface area contributed by atoms with Crippen molar-refractivity contribution in [1.29, 1.82) is 0 Å². The second-order valence-corrected chi connectivity index (χ2v) is 10.0. The zero-order valence-electron chi connectivity index (χ0n) is 22.1. The van der Waals surface area contributed by atoms with Gasteiger partial charge >= 0.3 is 0 Å². The fraction of sp³-hybridized carbons (Fsp3) is 0.258. The van der Waals surface area contributed by atoms with Crippen molar-refractivity contribution in [2.24, 2.45) is 0 Å². The van der Waals surface area contributed by atoms with Gasteiger partial charge in [-0.15, -0.1) is 0 Å². The summed E-state index contributed by atoms with van der Waals surface area (Å²) in [6, 6.07) is 14.7. The first-order valence-corrected chi connectivity index (χ1v) is 13.1. The SMILES string of the molecule is CC1=C(C(=O)Cc2ccc3[nH]ccc3c2)C(c2ccc(F)c(CC(=O)N(CCO)Cc3ccco3)c2)NC(=O)C1. The number of halogens is 1. The Morgan fingerprint density at radius 3 is 2.75 bits per heavy atom. The average Bonchev–Trinajstić information content (AvgIpc) is 3.61. The summed E-state index contributed by atoms with van der Waals surface area (Å²) < 4.78 is 20.2. The number of Topliss-reactive ketones (excluding diaryl/α,β-unsaturated/α-hetero) is 1. The van der Waals surface area contributed by atoms with E-state index >= 15 is 0 Å². The number of aliphatic hydroxyl groups is 1. The molecular formula is C31H30FN3O5. The second kappa shape index (κ2) is 11.7. The van der Waals surface area contributed by atoms with Gasteiger partial charge in [-0.3, -0.25) is 14.4 Å². The van der Waals surface area contributed by atoms with E-state index in [1.807, 2.05) is 30.5 Å². The molecule has 9 heteroatoms. The molecule has 0 aliphatic carbocycles. The molecule has 0 bridgehead atoms. The molecule has 1 aliphatic heterocycles. The number of carbonyl (C=O) groups is 3. The molecular weight excluding hydrogens is 513 g/mol. The molecule has 1 atom stereocenters. The molecule has 0 fully saturated rings. The van der Waals surface area contributed by atoms with Crippen molar-refractivity contribution in [1.82, 2.24) is 15.2 Å². The Morgan fingerprint density at radius 2 is 1.98 bits per heavy atom. The number of aliphatic hydroxyl groups excluding tert-OH is 1. The Kier molecular flexibility index (Phi) is 7.93. The van der Waals surface area contributed by atoms with Gasteiger partial charge in [0.25, 0.3) is 0 Å². The number of amides is 2. The van der Waals surface area contributed by atoms with Crippen molar-refractivity contribution in [2.75, 3.05) is 13.2 Å². The molecule has 0 saturated carbocycles. The van der Waals surface area contributed by atoms with Gasteiger partial charge in [-0.05, 0) is 71.5 Å². The highest BCUT2D eigenvalue weighted by atomic mass is 19.1. The van der Waals surface area contributed by atoms with Crippen molar-refractivity contribution < 1.29 is 28.3 Å². The van der Waals surface area contributed by atoms with Gasteiger partial charge in [0.05, 0.1) is 31.9 Å². The standard InChI is InChI=1S/C31H30FN3O5/c1-19-13-28(38)34-31(30(19)27(37)15-20-4-7-26-21(14-20)8-9-33-26)22-5-6-25(32)23(16-22)17-29(39)35(10-11-36)18-24-3-2-12-40-24/h2-9,12,14,16,31,33,36H,10-11,13,15,17-18H2,1H3,(H,34,38). The summed E-state index contributed by atoms with van der Waals surface area (Å²) in [6.45, 7) is 1.72. The summed E-state index contributed by atoms with van der Waals surface area (Å²) in [5.74, 6) is -0.790. The molecule has 1 unspecified atom stereocenters. The molecule has 206 valence electrons. The van der Waals surface area contributed by atoms with Gasteiger partial charge in [-0.1, -0.05) is 17.7 Å². The highest BCUT2D eigenvalue weighted by Gasteiger charge is 2.31. The molecule has 4 aromatic rings. The van der Waals surface area contributed by atoms with Gasteiger partial charge in [0.15, 0.2) is 5.78 Å². The first-order valence-electron chi connectivity index (χ1n) is 13.1. The van der Waals surface area contributed by atoms with Crippen LogP contribution in [0.4, 0.5) is 4.39 Å². The normalized spacial score (nSPS) is 15.4. The number of aromatic nitrogens is 1. The molecule has 0 radical (unpaired) electrons. The molecule has 2 amide bonds. The van der Waals surface area contributed by atoms with Gasteiger partial charge in [0, 0.05) is 36.7 Å². The van der Waals surface area contributed by atoms with Crippen LogP contribution in [-0.4, -0.2) is 45.7 Å². The molecule has 1 aliphatic rings. The summed E-state index contributed by atoms with van der Waals surface area (Å²) >= 11 is 0. The van der Waals surface area contributed by atoms with Crippen LogP contribution in [0.3, 0.4) is 0 Å². The number of nitrogens with one attached hydrogen (secondary N) is 2. The van der Waals surface area contributed by atoms with E-state index in [4.69, 9.17) is 4.42 Å². The summed E-state index contributed by atoms with van der Waals surface area (Å²) in [4.78, 5) is 43.7. The minimum atomic E-state index is -0.768. The van der Waals surface area contributed by atoms with E-state index in [2.05, 4.69) is 10.3 Å². The minimum Gasteiger partial charge on any atom is -0.467 e. The molecule has 8 nitrogen and oxygen atoms in total. The predicted octanol–water partition coefficient (Wildman–Crippen LogP) is 4.15. The fourth-order valence-electron chi connectivity index (χ4n) is 5.20. The van der Waals surface area contributed by atoms with Crippen LogP contribution in [0, 0.1) is 5.82 Å². The van der Waals surface area contributed by atoms with Gasteiger partial charge < -0.3 is 24.7 Å². The number of carbonyl (C=O) groups excluding carboxylic acids is 3. The lowest BCUT2D eigenvalue weighted by atomic mass is 9.85. The number of hydrogen-bond donors (Lipinski definition) is 3. The zero-order chi connectivity index (χ0) is 28.2. The van der Waals surface area contributed by atoms with Crippen LogP contribution in [0.5, 0.6) is 0 Å². The maximum absolute atomic E-state index is 14.9. The van der Waals surface area contributed by atoms with Gasteiger partial charge in [-0.25, -0.2) is 4.39 Å². The predicted molar refractivity (Wildman–Crippen MR) is 147 cm³/mol. The van der Waals surface area contributed by atoms with E-state index in [1.165, 1.54) is 29.4 Å². The average molecular weight is 544 g/mol. The Hall–Kier alpha value is -4.50. The van der Waals surface area contributed by atoms with Crippen LogP contribution in [0.15, 0.2) is 82.6 Å². The maximum atomic E-state index is 14.9. The Labute approximate surface area is 230 Å². The first kappa shape index (κ1) is 27.1. The number of nitrogens with zero attached hydrogens (tertiary/aromatic N) is 1. The Bertz CT molecular complexity index is 1590. The third kappa shape index (κ3) is 5.89. The molecule has 0 spiro atoms. The number of ketones is 1. The molecule has 2 aromatic carbocycles. The van der Waals surface area contributed by atoms with E-state index in [1.54, 1.807) is 19.1 Å². The zero-order valence-corrected chi connectivity index (χ0v) is 22.1. The van der Waals surface area contributed by atoms with Crippen LogP contribution in [0.1, 0.15) is 41.8 Å². The van der Waals surface area contributed by atoms with E-state index in [0.29, 0.717) is 22.5 Å². The number of benzene rings is 2. The lowest BCUT2D eigenvalue weighted by Gasteiger charge is -2.29. The topological polar surface area (TPSA) is 116 Å². The Morgan fingerprint density at radius 1 is 1.12 bits per heavy atom. The summed E-state index contributed by atoms with van der Waals surface area (Å²) in [5.41, 5.74) is 3.60. The lowest BCUT2D eigenvalue weighted by molar-refractivity contribution is -0.132. The molecule has 40 heavy (non-hydrogen) atoms. The number of H-pyrrole nitrogens is 1. The quantitative estimate of drug-likeness (QED) is 0.278. The summed E-state index contributed by atoms with van der Waals surface area (Å²) in [5, 5.41) is 13.3. The van der Waals surface area contributed by atoms with E-state index in [0.717, 1.165) is 16.5 Å². The number of fused-ring (bicyclic) bond motifs is 1. The van der Waals surface area contributed by atoms with Crippen LogP contribution in [0.25, 0.3) is 10.9 Å². The lowest BCUT2D eigenvalue weighted by Crippen LogP contribution is -2.37. The van der Waals surface area contributed by atoms with Crippen LogP contribution >= 0.6 is 0 Å². The summed E-state index contributed by atoms with van der Waals surface area (Å²) in [7, 11) is 0. The van der Waals surface area contributed by atoms with Crippen molar-refractivity contribution >= 4 is 28.5 Å². The first-order chi connectivity index (χ1) is 19.3. The monoisotopic (exact) mass is 543 g/mol. The van der Waals surface area contributed by atoms with Crippen molar-refractivity contribution in [3.63, 3.8) is 0 Å². The van der Waals surface area contributed by atoms with Crippen LogP contribution in [-0.2, 0) is 33.8 Å². The maximum Gasteiger partial charge on any atom is 0.227 e. The minimum absolute atomic E-state index is 0.0641. The smallest absolute Gasteiger partial charge is 0.227 e. The largest absolute Gasteiger partial charge is 0.467 e. The van der Waals surface area contributed by atoms with Gasteiger partial charge in [0.1, 0.15) is 11.6 Å². The molecule has 3 N–H and O–H groups in total. The van der Waals surface area contributed by atoms with Crippen LogP contribution < -0.4 is 5.32 Å². The third-order valence-corrected chi connectivity index (χ3v) is 7.16. The number of rotatable bonds is 10. The molecule has 2 aromatic heterocycles. The number of hydrogen-bond acceptors (Lipinski definition) is 5. The number of furan rings is 1. The molecule has 3 heterocycles. The summed E-state index contributed by atoms with van der Waals surface area (Å²) in [6.07, 6.45) is 3.32. The van der Waals surface area contributed by atoms with Crippen LogP contribution in [0.2, 0.25) is 0 Å². The van der Waals surface area contributed by atoms with Gasteiger partial charge in [-0.2, -0.15) is 0 Å². The Balaban J connectivity index is 1.40. The van der Waals surface area contributed by atoms with Gasteiger partial charge in [0.2, 0.25) is 11.8 Å². The highest BCUT2D eigenvalue weighted by Crippen LogP contribution is 2.32. The van der Waals surface area contributed by atoms with Crippen molar-refractivity contribution in [2.45, 2.75) is 38.8 Å². The molecule has 0 saturated heterocycles. The van der Waals surface area contributed by atoms with E-state index < -0.39 is 17.8 Å². The van der Waals surface area contributed by atoms with E-state index in [-0.39, 0.29) is 56.2 Å². The third-order valence-electron chi connectivity index (χ3n) is 7.16. The number of aromatic amines is 1.